The summed E-state index contributed by atoms with van der Waals surface area (Å²) in [6.07, 6.45) is 0.931. The molecule has 0 radical (unpaired) electrons. The number of amides is 2. The van der Waals surface area contributed by atoms with Crippen molar-refractivity contribution in [2.24, 2.45) is 0 Å². The Morgan fingerprint density at radius 3 is 2.76 bits per heavy atom. The van der Waals surface area contributed by atoms with E-state index < -0.39 is 0 Å². The zero-order chi connectivity index (χ0) is 15.1. The standard InChI is InChI=1S/C16H25N3OS/c1-3-13(2)17-16(20)18-15-7-5-4-6-14(15)12-19-8-10-21-11-9-19/h4-7,13H,3,8-12H2,1-2H3,(H2,17,18,20)/t13-/m0/s1. The monoisotopic (exact) mass is 307 g/mol. The third-order valence-electron chi connectivity index (χ3n) is 3.75. The second-order valence-electron chi connectivity index (χ2n) is 5.45. The minimum absolute atomic E-state index is 0.119. The van der Waals surface area contributed by atoms with Gasteiger partial charge < -0.3 is 10.6 Å². The molecule has 0 aliphatic carbocycles. The summed E-state index contributed by atoms with van der Waals surface area (Å²) in [6, 6.07) is 8.15. The highest BCUT2D eigenvalue weighted by Gasteiger charge is 2.14. The number of nitrogens with zero attached hydrogens (tertiary/aromatic N) is 1. The lowest BCUT2D eigenvalue weighted by atomic mass is 10.1. The van der Waals surface area contributed by atoms with Crippen molar-refractivity contribution in [1.82, 2.24) is 10.2 Å². The quantitative estimate of drug-likeness (QED) is 0.878. The van der Waals surface area contributed by atoms with Gasteiger partial charge in [-0.05, 0) is 25.0 Å². The van der Waals surface area contributed by atoms with Crippen LogP contribution >= 0.6 is 11.8 Å². The van der Waals surface area contributed by atoms with Crippen LogP contribution in [-0.4, -0.2) is 41.6 Å². The van der Waals surface area contributed by atoms with E-state index in [9.17, 15) is 4.79 Å². The Morgan fingerprint density at radius 1 is 1.33 bits per heavy atom. The second-order valence-corrected chi connectivity index (χ2v) is 6.68. The minimum atomic E-state index is -0.119. The van der Waals surface area contributed by atoms with Gasteiger partial charge in [-0.3, -0.25) is 4.90 Å². The maximum atomic E-state index is 12.0. The number of carbonyl (C=O) groups excluding carboxylic acids is 1. The average Bonchev–Trinajstić information content (AvgIpc) is 2.50. The molecule has 0 bridgehead atoms. The van der Waals surface area contributed by atoms with Crippen LogP contribution in [0.3, 0.4) is 0 Å². The maximum absolute atomic E-state index is 12.0. The molecule has 2 N–H and O–H groups in total. The highest BCUT2D eigenvalue weighted by molar-refractivity contribution is 7.99. The number of thioether (sulfide) groups is 1. The third-order valence-corrected chi connectivity index (χ3v) is 4.70. The third kappa shape index (κ3) is 5.25. The van der Waals surface area contributed by atoms with Crippen molar-refractivity contribution in [2.75, 3.05) is 29.9 Å². The molecule has 1 heterocycles. The Labute approximate surface area is 131 Å². The first-order chi connectivity index (χ1) is 10.2. The Hall–Kier alpha value is -1.20. The molecule has 1 fully saturated rings. The van der Waals surface area contributed by atoms with Crippen molar-refractivity contribution in [1.29, 1.82) is 0 Å². The van der Waals surface area contributed by atoms with E-state index in [4.69, 9.17) is 0 Å². The van der Waals surface area contributed by atoms with Crippen LogP contribution in [0.1, 0.15) is 25.8 Å². The van der Waals surface area contributed by atoms with E-state index in [1.165, 1.54) is 17.1 Å². The van der Waals surface area contributed by atoms with Gasteiger partial charge in [0.25, 0.3) is 0 Å². The summed E-state index contributed by atoms with van der Waals surface area (Å²) < 4.78 is 0. The molecule has 21 heavy (non-hydrogen) atoms. The van der Waals surface area contributed by atoms with Crippen molar-refractivity contribution < 1.29 is 4.79 Å². The molecule has 0 saturated carbocycles. The van der Waals surface area contributed by atoms with Crippen LogP contribution in [0, 0.1) is 0 Å². The Bertz CT molecular complexity index is 461. The van der Waals surface area contributed by atoms with Crippen molar-refractivity contribution >= 4 is 23.5 Å². The predicted octanol–water partition coefficient (Wildman–Crippen LogP) is 3.16. The predicted molar refractivity (Wildman–Crippen MR) is 91.0 cm³/mol. The largest absolute Gasteiger partial charge is 0.335 e. The van der Waals surface area contributed by atoms with Crippen LogP contribution < -0.4 is 10.6 Å². The summed E-state index contributed by atoms with van der Waals surface area (Å²) in [7, 11) is 0. The lowest BCUT2D eigenvalue weighted by Gasteiger charge is -2.27. The summed E-state index contributed by atoms with van der Waals surface area (Å²) in [4.78, 5) is 14.4. The number of nitrogens with one attached hydrogen (secondary N) is 2. The molecule has 1 atom stereocenters. The van der Waals surface area contributed by atoms with E-state index in [0.29, 0.717) is 0 Å². The van der Waals surface area contributed by atoms with Gasteiger partial charge in [-0.15, -0.1) is 0 Å². The smallest absolute Gasteiger partial charge is 0.319 e. The van der Waals surface area contributed by atoms with Crippen LogP contribution in [0.5, 0.6) is 0 Å². The molecule has 4 nitrogen and oxygen atoms in total. The fourth-order valence-electron chi connectivity index (χ4n) is 2.26. The summed E-state index contributed by atoms with van der Waals surface area (Å²) in [5, 5.41) is 5.93. The van der Waals surface area contributed by atoms with Gasteiger partial charge in [-0.1, -0.05) is 25.1 Å². The van der Waals surface area contributed by atoms with E-state index in [1.54, 1.807) is 0 Å². The Morgan fingerprint density at radius 2 is 2.05 bits per heavy atom. The van der Waals surface area contributed by atoms with E-state index in [0.717, 1.165) is 31.7 Å². The number of para-hydroxylation sites is 1. The molecule has 5 heteroatoms. The highest BCUT2D eigenvalue weighted by Crippen LogP contribution is 2.19. The molecular weight excluding hydrogens is 282 g/mol. The van der Waals surface area contributed by atoms with Crippen LogP contribution in [0.15, 0.2) is 24.3 Å². The van der Waals surface area contributed by atoms with Gasteiger partial charge in [0, 0.05) is 42.9 Å². The van der Waals surface area contributed by atoms with Crippen molar-refractivity contribution in [3.05, 3.63) is 29.8 Å². The first-order valence-electron chi connectivity index (χ1n) is 7.64. The molecule has 1 aliphatic heterocycles. The summed E-state index contributed by atoms with van der Waals surface area (Å²) >= 11 is 2.01. The van der Waals surface area contributed by atoms with Gasteiger partial charge in [0.15, 0.2) is 0 Å². The number of rotatable bonds is 5. The molecule has 1 saturated heterocycles. The number of carbonyl (C=O) groups is 1. The highest BCUT2D eigenvalue weighted by atomic mass is 32.2. The number of benzene rings is 1. The fourth-order valence-corrected chi connectivity index (χ4v) is 3.24. The minimum Gasteiger partial charge on any atom is -0.335 e. The zero-order valence-corrected chi connectivity index (χ0v) is 13.7. The van der Waals surface area contributed by atoms with Crippen molar-refractivity contribution in [3.8, 4) is 0 Å². The number of urea groups is 1. The first kappa shape index (κ1) is 16.2. The van der Waals surface area contributed by atoms with Gasteiger partial charge in [-0.25, -0.2) is 4.79 Å². The van der Waals surface area contributed by atoms with Crippen LogP contribution in [0.25, 0.3) is 0 Å². The Kier molecular flexibility index (Phi) is 6.39. The van der Waals surface area contributed by atoms with Crippen LogP contribution in [0.4, 0.5) is 10.5 Å². The number of hydrogen-bond acceptors (Lipinski definition) is 3. The summed E-state index contributed by atoms with van der Waals surface area (Å²) in [5.41, 5.74) is 2.10. The SMILES string of the molecule is CC[C@H](C)NC(=O)Nc1ccccc1CN1CCSCC1. The molecule has 0 unspecified atom stereocenters. The van der Waals surface area contributed by atoms with Crippen LogP contribution in [0.2, 0.25) is 0 Å². The molecule has 2 rings (SSSR count). The summed E-state index contributed by atoms with van der Waals surface area (Å²) in [5.74, 6) is 2.40. The lowest BCUT2D eigenvalue weighted by molar-refractivity contribution is 0.249. The molecular formula is C16H25N3OS. The topological polar surface area (TPSA) is 44.4 Å². The van der Waals surface area contributed by atoms with Gasteiger partial charge in [-0.2, -0.15) is 11.8 Å². The van der Waals surface area contributed by atoms with Gasteiger partial charge >= 0.3 is 6.03 Å². The molecule has 1 aromatic carbocycles. The van der Waals surface area contributed by atoms with E-state index >= 15 is 0 Å². The molecule has 2 amide bonds. The van der Waals surface area contributed by atoms with Crippen molar-refractivity contribution in [3.63, 3.8) is 0 Å². The fraction of sp³-hybridized carbons (Fsp3) is 0.562. The zero-order valence-electron chi connectivity index (χ0n) is 12.9. The normalized spacial score (nSPS) is 17.2. The second kappa shape index (κ2) is 8.29. The molecule has 1 aliphatic rings. The van der Waals surface area contributed by atoms with Crippen LogP contribution in [-0.2, 0) is 6.54 Å². The van der Waals surface area contributed by atoms with Crippen molar-refractivity contribution in [2.45, 2.75) is 32.9 Å². The van der Waals surface area contributed by atoms with E-state index in [-0.39, 0.29) is 12.1 Å². The molecule has 0 aromatic heterocycles. The molecule has 1 aromatic rings. The van der Waals surface area contributed by atoms with Gasteiger partial charge in [0.1, 0.15) is 0 Å². The number of hydrogen-bond donors (Lipinski definition) is 2. The summed E-state index contributed by atoms with van der Waals surface area (Å²) in [6.45, 7) is 7.22. The molecule has 116 valence electrons. The lowest BCUT2D eigenvalue weighted by Crippen LogP contribution is -2.36. The maximum Gasteiger partial charge on any atom is 0.319 e. The Balaban J connectivity index is 1.97. The van der Waals surface area contributed by atoms with Gasteiger partial charge in [0.2, 0.25) is 0 Å². The average molecular weight is 307 g/mol. The van der Waals surface area contributed by atoms with E-state index in [2.05, 4.69) is 28.5 Å². The first-order valence-corrected chi connectivity index (χ1v) is 8.80. The van der Waals surface area contributed by atoms with E-state index in [1.807, 2.05) is 36.9 Å². The van der Waals surface area contributed by atoms with Gasteiger partial charge in [0.05, 0.1) is 0 Å². The number of anilines is 1. The molecule has 0 spiro atoms.